The fourth-order valence-electron chi connectivity index (χ4n) is 2.09. The maximum Gasteiger partial charge on any atom is 0.169 e. The Hall–Kier alpha value is -1.82. The first-order valence-corrected chi connectivity index (χ1v) is 7.19. The molecule has 21 heavy (non-hydrogen) atoms. The second kappa shape index (κ2) is 6.30. The number of aryl methyl sites for hydroxylation is 2. The number of methoxy groups -OCH3 is 2. The molecular weight excluding hydrogens is 336 g/mol. The number of aromatic nitrogens is 2. The summed E-state index contributed by atoms with van der Waals surface area (Å²) in [6, 6.07) is 5.16. The van der Waals surface area contributed by atoms with Crippen molar-refractivity contribution < 1.29 is 14.3 Å². The summed E-state index contributed by atoms with van der Waals surface area (Å²) in [5.41, 5.74) is 2.26. The van der Waals surface area contributed by atoms with Crippen LogP contribution in [0, 0.1) is 6.92 Å². The minimum absolute atomic E-state index is 0.0177. The monoisotopic (exact) mass is 352 g/mol. The second-order valence-electron chi connectivity index (χ2n) is 4.67. The number of Topliss-reactive ketones (excluding diaryl/α,β-unsaturated/α-hetero) is 1. The van der Waals surface area contributed by atoms with E-state index in [9.17, 15) is 4.79 Å². The molecule has 0 radical (unpaired) electrons. The Bertz CT molecular complexity index is 658. The molecule has 0 amide bonds. The van der Waals surface area contributed by atoms with Gasteiger partial charge in [-0.15, -0.1) is 0 Å². The first-order chi connectivity index (χ1) is 9.96. The van der Waals surface area contributed by atoms with Crippen LogP contribution in [0.15, 0.2) is 22.7 Å². The van der Waals surface area contributed by atoms with E-state index in [0.717, 1.165) is 15.9 Å². The predicted molar refractivity (Wildman–Crippen MR) is 83.2 cm³/mol. The summed E-state index contributed by atoms with van der Waals surface area (Å²) in [5, 5.41) is 4.29. The Labute approximate surface area is 132 Å². The fraction of sp³-hybridized carbons (Fsp3) is 0.333. The third kappa shape index (κ3) is 3.26. The van der Waals surface area contributed by atoms with Crippen molar-refractivity contribution in [2.45, 2.75) is 13.3 Å². The number of halogens is 1. The van der Waals surface area contributed by atoms with Crippen molar-refractivity contribution in [3.8, 4) is 11.5 Å². The van der Waals surface area contributed by atoms with E-state index >= 15 is 0 Å². The standard InChI is InChI=1S/C15H17BrN2O3/c1-9-15(16)13(18(2)17-9)8-14(19)10-5-11(20-3)7-12(6-10)21-4/h5-7H,8H2,1-4H3. The fourth-order valence-corrected chi connectivity index (χ4v) is 2.57. The van der Waals surface area contributed by atoms with Gasteiger partial charge in [0.15, 0.2) is 5.78 Å². The van der Waals surface area contributed by atoms with Crippen LogP contribution in [0.3, 0.4) is 0 Å². The number of hydrogen-bond donors (Lipinski definition) is 0. The van der Waals surface area contributed by atoms with Crippen molar-refractivity contribution in [3.05, 3.63) is 39.6 Å². The summed E-state index contributed by atoms with van der Waals surface area (Å²) in [5.74, 6) is 1.17. The van der Waals surface area contributed by atoms with Crippen LogP contribution >= 0.6 is 15.9 Å². The van der Waals surface area contributed by atoms with Gasteiger partial charge in [0, 0.05) is 18.7 Å². The minimum atomic E-state index is -0.0177. The smallest absolute Gasteiger partial charge is 0.169 e. The van der Waals surface area contributed by atoms with Gasteiger partial charge in [0.2, 0.25) is 0 Å². The van der Waals surface area contributed by atoms with Crippen molar-refractivity contribution in [1.82, 2.24) is 9.78 Å². The van der Waals surface area contributed by atoms with Gasteiger partial charge < -0.3 is 9.47 Å². The Morgan fingerprint density at radius 1 is 1.24 bits per heavy atom. The molecule has 1 heterocycles. The average Bonchev–Trinajstić information content (AvgIpc) is 2.72. The van der Waals surface area contributed by atoms with E-state index in [4.69, 9.17) is 9.47 Å². The molecular formula is C15H17BrN2O3. The molecule has 0 atom stereocenters. The molecule has 112 valence electrons. The first-order valence-electron chi connectivity index (χ1n) is 6.40. The van der Waals surface area contributed by atoms with Gasteiger partial charge in [0.05, 0.1) is 36.5 Å². The van der Waals surface area contributed by atoms with Gasteiger partial charge in [-0.1, -0.05) is 0 Å². The summed E-state index contributed by atoms with van der Waals surface area (Å²) in [4.78, 5) is 12.5. The molecule has 0 saturated heterocycles. The molecule has 6 heteroatoms. The molecule has 0 saturated carbocycles. The Balaban J connectivity index is 2.32. The summed E-state index contributed by atoms with van der Waals surface area (Å²) >= 11 is 3.47. The normalized spacial score (nSPS) is 10.5. The number of ketones is 1. The SMILES string of the molecule is COc1cc(OC)cc(C(=O)Cc2c(Br)c(C)nn2C)c1. The highest BCUT2D eigenvalue weighted by molar-refractivity contribution is 9.10. The van der Waals surface area contributed by atoms with Crippen LogP contribution in [-0.2, 0) is 13.5 Å². The molecule has 2 aromatic rings. The third-order valence-electron chi connectivity index (χ3n) is 3.26. The summed E-state index contributed by atoms with van der Waals surface area (Å²) < 4.78 is 13.0. The number of carbonyl (C=O) groups is 1. The summed E-state index contributed by atoms with van der Waals surface area (Å²) in [6.07, 6.45) is 0.258. The largest absolute Gasteiger partial charge is 0.497 e. The number of nitrogens with zero attached hydrogens (tertiary/aromatic N) is 2. The van der Waals surface area contributed by atoms with E-state index in [0.29, 0.717) is 17.1 Å². The molecule has 1 aromatic carbocycles. The number of carbonyl (C=O) groups excluding carboxylic acids is 1. The van der Waals surface area contributed by atoms with E-state index < -0.39 is 0 Å². The molecule has 1 aromatic heterocycles. The molecule has 5 nitrogen and oxygen atoms in total. The zero-order valence-corrected chi connectivity index (χ0v) is 14.0. The Kier molecular flexibility index (Phi) is 4.67. The van der Waals surface area contributed by atoms with E-state index in [1.807, 2.05) is 14.0 Å². The van der Waals surface area contributed by atoms with Crippen LogP contribution in [0.25, 0.3) is 0 Å². The number of rotatable bonds is 5. The first kappa shape index (κ1) is 15.6. The topological polar surface area (TPSA) is 53.4 Å². The molecule has 0 spiro atoms. The molecule has 2 rings (SSSR count). The lowest BCUT2D eigenvalue weighted by atomic mass is 10.1. The zero-order chi connectivity index (χ0) is 15.6. The van der Waals surface area contributed by atoms with E-state index in [1.165, 1.54) is 0 Å². The minimum Gasteiger partial charge on any atom is -0.497 e. The van der Waals surface area contributed by atoms with Gasteiger partial charge >= 0.3 is 0 Å². The van der Waals surface area contributed by atoms with Crippen molar-refractivity contribution in [1.29, 1.82) is 0 Å². The molecule has 0 N–H and O–H groups in total. The predicted octanol–water partition coefficient (Wildman–Crippen LogP) is 2.93. The number of hydrogen-bond acceptors (Lipinski definition) is 4. The highest BCUT2D eigenvalue weighted by atomic mass is 79.9. The highest BCUT2D eigenvalue weighted by Gasteiger charge is 2.17. The Morgan fingerprint density at radius 2 is 1.81 bits per heavy atom. The zero-order valence-electron chi connectivity index (χ0n) is 12.4. The van der Waals surface area contributed by atoms with Crippen LogP contribution in [0.1, 0.15) is 21.7 Å². The van der Waals surface area contributed by atoms with E-state index in [1.54, 1.807) is 37.1 Å². The molecule has 0 aliphatic rings. The molecule has 0 bridgehead atoms. The van der Waals surface area contributed by atoms with Crippen LogP contribution in [0.4, 0.5) is 0 Å². The van der Waals surface area contributed by atoms with Gasteiger partial charge in [-0.2, -0.15) is 5.10 Å². The lowest BCUT2D eigenvalue weighted by Crippen LogP contribution is -2.09. The maximum absolute atomic E-state index is 12.5. The Morgan fingerprint density at radius 3 is 2.24 bits per heavy atom. The van der Waals surface area contributed by atoms with Gasteiger partial charge in [-0.05, 0) is 35.0 Å². The van der Waals surface area contributed by atoms with E-state index in [-0.39, 0.29) is 12.2 Å². The quantitative estimate of drug-likeness (QED) is 0.776. The highest BCUT2D eigenvalue weighted by Crippen LogP contribution is 2.25. The van der Waals surface area contributed by atoms with Gasteiger partial charge in [0.1, 0.15) is 11.5 Å². The lowest BCUT2D eigenvalue weighted by molar-refractivity contribution is 0.0990. The lowest BCUT2D eigenvalue weighted by Gasteiger charge is -2.08. The molecule has 0 unspecified atom stereocenters. The van der Waals surface area contributed by atoms with Gasteiger partial charge in [0.25, 0.3) is 0 Å². The second-order valence-corrected chi connectivity index (χ2v) is 5.46. The van der Waals surface area contributed by atoms with Crippen molar-refractivity contribution >= 4 is 21.7 Å². The maximum atomic E-state index is 12.5. The van der Waals surface area contributed by atoms with Gasteiger partial charge in [-0.25, -0.2) is 0 Å². The number of ether oxygens (including phenoxy) is 2. The van der Waals surface area contributed by atoms with Crippen molar-refractivity contribution in [2.75, 3.05) is 14.2 Å². The van der Waals surface area contributed by atoms with Crippen molar-refractivity contribution in [3.63, 3.8) is 0 Å². The van der Waals surface area contributed by atoms with Crippen molar-refractivity contribution in [2.24, 2.45) is 7.05 Å². The van der Waals surface area contributed by atoms with Gasteiger partial charge in [-0.3, -0.25) is 9.48 Å². The molecule has 0 fully saturated rings. The molecule has 0 aliphatic carbocycles. The van der Waals surface area contributed by atoms with Crippen LogP contribution < -0.4 is 9.47 Å². The van der Waals surface area contributed by atoms with Crippen LogP contribution in [-0.4, -0.2) is 29.8 Å². The average molecular weight is 353 g/mol. The number of benzene rings is 1. The summed E-state index contributed by atoms with van der Waals surface area (Å²) in [7, 11) is 4.95. The summed E-state index contributed by atoms with van der Waals surface area (Å²) in [6.45, 7) is 1.90. The molecule has 0 aliphatic heterocycles. The van der Waals surface area contributed by atoms with Crippen LogP contribution in [0.2, 0.25) is 0 Å². The third-order valence-corrected chi connectivity index (χ3v) is 4.29. The van der Waals surface area contributed by atoms with Crippen LogP contribution in [0.5, 0.6) is 11.5 Å². The van der Waals surface area contributed by atoms with E-state index in [2.05, 4.69) is 21.0 Å².